The molecule has 10 heteroatoms. The fourth-order valence-electron chi connectivity index (χ4n) is 3.71. The van der Waals surface area contributed by atoms with Crippen LogP contribution in [0.3, 0.4) is 0 Å². The molecule has 0 spiro atoms. The van der Waals surface area contributed by atoms with Crippen LogP contribution in [0.2, 0.25) is 10.0 Å². The number of hydrogen-bond donors (Lipinski definition) is 1. The minimum atomic E-state index is -3.78. The molecule has 39 heavy (non-hydrogen) atoms. The van der Waals surface area contributed by atoms with Gasteiger partial charge in [0, 0.05) is 23.5 Å². The van der Waals surface area contributed by atoms with E-state index in [1.807, 2.05) is 6.07 Å². The van der Waals surface area contributed by atoms with E-state index in [9.17, 15) is 18.0 Å². The zero-order valence-corrected chi connectivity index (χ0v) is 22.9. The van der Waals surface area contributed by atoms with Crippen molar-refractivity contribution in [2.75, 3.05) is 12.4 Å². The van der Waals surface area contributed by atoms with E-state index in [1.54, 1.807) is 60.8 Å². The van der Waals surface area contributed by atoms with Gasteiger partial charge in [0.2, 0.25) is 0 Å². The second-order valence-electron chi connectivity index (χ2n) is 8.37. The van der Waals surface area contributed by atoms with Crippen LogP contribution in [0.15, 0.2) is 96.0 Å². The van der Waals surface area contributed by atoms with Crippen LogP contribution in [0.25, 0.3) is 17.3 Å². The van der Waals surface area contributed by atoms with Crippen molar-refractivity contribution in [1.82, 2.24) is 4.98 Å². The van der Waals surface area contributed by atoms with E-state index < -0.39 is 21.7 Å². The molecule has 1 heterocycles. The second-order valence-corrected chi connectivity index (χ2v) is 11.2. The van der Waals surface area contributed by atoms with E-state index in [1.165, 1.54) is 37.5 Å². The fraction of sp³-hybridized carbons (Fsp3) is 0.0690. The largest absolute Gasteiger partial charge is 0.466 e. The molecule has 4 aromatic rings. The molecule has 0 saturated carbocycles. The molecule has 198 valence electrons. The summed E-state index contributed by atoms with van der Waals surface area (Å²) in [6.45, 7) is 0. The lowest BCUT2D eigenvalue weighted by Gasteiger charge is -2.11. The average Bonchev–Trinajstić information content (AvgIpc) is 2.93. The first-order chi connectivity index (χ1) is 18.7. The summed E-state index contributed by atoms with van der Waals surface area (Å²) in [6.07, 6.45) is 4.43. The molecule has 0 aliphatic heterocycles. The SMILES string of the molecule is COC(=O)/C=C/c1cccc(CS(=O)(=O)c2ccc(C(=O)Nc3ccc(Cl)c(-c4ccccn4)c3)c(Cl)c2)c1. The van der Waals surface area contributed by atoms with E-state index >= 15 is 0 Å². The summed E-state index contributed by atoms with van der Waals surface area (Å²) < 4.78 is 30.7. The van der Waals surface area contributed by atoms with Crippen LogP contribution in [-0.4, -0.2) is 32.4 Å². The summed E-state index contributed by atoms with van der Waals surface area (Å²) in [7, 11) is -2.51. The lowest BCUT2D eigenvalue weighted by molar-refractivity contribution is -0.134. The average molecular weight is 581 g/mol. The van der Waals surface area contributed by atoms with E-state index in [4.69, 9.17) is 23.2 Å². The number of esters is 1. The summed E-state index contributed by atoms with van der Waals surface area (Å²) in [5.41, 5.74) is 3.04. The number of pyridine rings is 1. The maximum atomic E-state index is 13.1. The zero-order valence-electron chi connectivity index (χ0n) is 20.6. The first-order valence-corrected chi connectivity index (χ1v) is 14.0. The Labute approximate surface area is 236 Å². The Hall–Kier alpha value is -3.98. The van der Waals surface area contributed by atoms with Gasteiger partial charge in [-0.2, -0.15) is 0 Å². The Balaban J connectivity index is 1.51. The summed E-state index contributed by atoms with van der Waals surface area (Å²) in [5.74, 6) is -1.32. The summed E-state index contributed by atoms with van der Waals surface area (Å²) in [6, 6.07) is 21.2. The third kappa shape index (κ3) is 7.11. The van der Waals surface area contributed by atoms with Crippen LogP contribution >= 0.6 is 23.2 Å². The lowest BCUT2D eigenvalue weighted by Crippen LogP contribution is -2.13. The quantitative estimate of drug-likeness (QED) is 0.189. The molecule has 0 saturated heterocycles. The molecule has 0 fully saturated rings. The number of amides is 1. The summed E-state index contributed by atoms with van der Waals surface area (Å²) in [4.78, 5) is 28.6. The highest BCUT2D eigenvalue weighted by Crippen LogP contribution is 2.30. The van der Waals surface area contributed by atoms with Gasteiger partial charge in [-0.1, -0.05) is 53.5 Å². The maximum absolute atomic E-state index is 13.1. The number of rotatable bonds is 8. The van der Waals surface area contributed by atoms with Crippen molar-refractivity contribution in [3.8, 4) is 11.3 Å². The smallest absolute Gasteiger partial charge is 0.330 e. The number of benzene rings is 3. The van der Waals surface area contributed by atoms with Gasteiger partial charge in [0.05, 0.1) is 39.1 Å². The Morgan fingerprint density at radius 2 is 1.77 bits per heavy atom. The van der Waals surface area contributed by atoms with Crippen molar-refractivity contribution in [1.29, 1.82) is 0 Å². The van der Waals surface area contributed by atoms with Gasteiger partial charge in [-0.15, -0.1) is 0 Å². The number of sulfone groups is 1. The van der Waals surface area contributed by atoms with Crippen LogP contribution in [0.4, 0.5) is 5.69 Å². The number of carbonyl (C=O) groups is 2. The highest BCUT2D eigenvalue weighted by molar-refractivity contribution is 7.90. The van der Waals surface area contributed by atoms with Crippen molar-refractivity contribution in [3.05, 3.63) is 118 Å². The molecule has 1 N–H and O–H groups in total. The molecular weight excluding hydrogens is 559 g/mol. The van der Waals surface area contributed by atoms with Crippen LogP contribution in [0.5, 0.6) is 0 Å². The predicted octanol–water partition coefficient (Wildman–Crippen LogP) is 6.47. The molecular formula is C29H22Cl2N2O5S. The van der Waals surface area contributed by atoms with E-state index in [2.05, 4.69) is 15.0 Å². The third-order valence-electron chi connectivity index (χ3n) is 5.63. The molecule has 1 aromatic heterocycles. The molecule has 4 rings (SSSR count). The number of nitrogens with one attached hydrogen (secondary N) is 1. The minimum absolute atomic E-state index is 0.0118. The molecule has 0 atom stereocenters. The fourth-order valence-corrected chi connectivity index (χ4v) is 5.62. The van der Waals surface area contributed by atoms with Crippen LogP contribution in [0, 0.1) is 0 Å². The summed E-state index contributed by atoms with van der Waals surface area (Å²) >= 11 is 12.7. The van der Waals surface area contributed by atoms with Crippen molar-refractivity contribution < 1.29 is 22.7 Å². The first kappa shape index (κ1) is 28.0. The molecule has 0 bridgehead atoms. The van der Waals surface area contributed by atoms with Crippen molar-refractivity contribution in [2.24, 2.45) is 0 Å². The van der Waals surface area contributed by atoms with Gasteiger partial charge in [0.1, 0.15) is 0 Å². The Kier molecular flexibility index (Phi) is 8.81. The predicted molar refractivity (Wildman–Crippen MR) is 152 cm³/mol. The van der Waals surface area contributed by atoms with Crippen LogP contribution in [-0.2, 0) is 25.1 Å². The van der Waals surface area contributed by atoms with Gasteiger partial charge in [0.15, 0.2) is 9.84 Å². The molecule has 3 aromatic carbocycles. The number of hydrogen-bond acceptors (Lipinski definition) is 6. The number of anilines is 1. The normalized spacial score (nSPS) is 11.4. The molecule has 1 amide bonds. The Morgan fingerprint density at radius 3 is 2.49 bits per heavy atom. The van der Waals surface area contributed by atoms with Crippen LogP contribution in [0.1, 0.15) is 21.5 Å². The number of ether oxygens (including phenoxy) is 1. The van der Waals surface area contributed by atoms with Crippen molar-refractivity contribution in [3.63, 3.8) is 0 Å². The summed E-state index contributed by atoms with van der Waals surface area (Å²) in [5, 5.41) is 3.23. The highest BCUT2D eigenvalue weighted by atomic mass is 35.5. The lowest BCUT2D eigenvalue weighted by atomic mass is 10.1. The standard InChI is InChI=1S/C29H22Cl2N2O5S/c1-38-28(34)13-8-19-5-4-6-20(15-19)18-39(36,37)22-10-11-23(26(31)17-22)29(35)33-21-9-12-25(30)24(16-21)27-7-2-3-14-32-27/h2-17H,18H2,1H3,(H,33,35)/b13-8+. The topological polar surface area (TPSA) is 102 Å². The second kappa shape index (κ2) is 12.3. The van der Waals surface area contributed by atoms with Gasteiger partial charge >= 0.3 is 5.97 Å². The van der Waals surface area contributed by atoms with Gasteiger partial charge in [-0.3, -0.25) is 9.78 Å². The number of methoxy groups -OCH3 is 1. The first-order valence-electron chi connectivity index (χ1n) is 11.6. The highest BCUT2D eigenvalue weighted by Gasteiger charge is 2.20. The number of halogens is 2. The third-order valence-corrected chi connectivity index (χ3v) is 7.96. The molecule has 0 aliphatic rings. The molecule has 0 aliphatic carbocycles. The van der Waals surface area contributed by atoms with Gasteiger partial charge in [-0.05, 0) is 65.7 Å². The van der Waals surface area contributed by atoms with Gasteiger partial charge in [-0.25, -0.2) is 13.2 Å². The molecule has 0 radical (unpaired) electrons. The van der Waals surface area contributed by atoms with Crippen molar-refractivity contribution in [2.45, 2.75) is 10.6 Å². The monoisotopic (exact) mass is 580 g/mol. The van der Waals surface area contributed by atoms with Gasteiger partial charge in [0.25, 0.3) is 5.91 Å². The van der Waals surface area contributed by atoms with E-state index in [-0.39, 0.29) is 21.2 Å². The van der Waals surface area contributed by atoms with Crippen LogP contribution < -0.4 is 5.32 Å². The van der Waals surface area contributed by atoms with E-state index in [0.717, 1.165) is 0 Å². The molecule has 7 nitrogen and oxygen atoms in total. The minimum Gasteiger partial charge on any atom is -0.466 e. The van der Waals surface area contributed by atoms with Gasteiger partial charge < -0.3 is 10.1 Å². The Morgan fingerprint density at radius 1 is 0.949 bits per heavy atom. The van der Waals surface area contributed by atoms with Crippen molar-refractivity contribution >= 4 is 56.7 Å². The zero-order chi connectivity index (χ0) is 28.0. The number of nitrogens with zero attached hydrogens (tertiary/aromatic N) is 1. The number of carbonyl (C=O) groups excluding carboxylic acids is 2. The molecule has 0 unspecified atom stereocenters. The number of aromatic nitrogens is 1. The maximum Gasteiger partial charge on any atom is 0.330 e. The Bertz CT molecular complexity index is 1670. The van der Waals surface area contributed by atoms with E-state index in [0.29, 0.717) is 33.1 Å².